The highest BCUT2D eigenvalue weighted by Crippen LogP contribution is 2.45. The van der Waals surface area contributed by atoms with Gasteiger partial charge in [-0.05, 0) is 37.5 Å². The third-order valence-corrected chi connectivity index (χ3v) is 17.6. The molecular formula is C68H132O17P2. The first kappa shape index (κ1) is 85.1. The van der Waals surface area contributed by atoms with Crippen molar-refractivity contribution in [2.24, 2.45) is 11.8 Å². The van der Waals surface area contributed by atoms with Crippen molar-refractivity contribution in [3.8, 4) is 0 Å². The molecule has 0 spiro atoms. The summed E-state index contributed by atoms with van der Waals surface area (Å²) in [5.74, 6) is -0.742. The van der Waals surface area contributed by atoms with Gasteiger partial charge in [0, 0.05) is 25.7 Å². The van der Waals surface area contributed by atoms with Crippen molar-refractivity contribution in [2.45, 2.75) is 362 Å². The van der Waals surface area contributed by atoms with Crippen LogP contribution in [0.5, 0.6) is 0 Å². The SMILES string of the molecule is CCCCCCCCCCCCCCCCCCCCCCC(=O)O[C@H](COC(=O)CCCCCCCCCCC(C)C)COP(=O)(O)OC[C@@H](O)COP(=O)(O)OC[C@@H](COC(=O)CCCCCCCCC)OC(=O)CCCCCCCCC(C)C. The number of phosphoric ester groups is 2. The summed E-state index contributed by atoms with van der Waals surface area (Å²) in [6, 6.07) is 0. The first-order valence-corrected chi connectivity index (χ1v) is 38.5. The summed E-state index contributed by atoms with van der Waals surface area (Å²) >= 11 is 0. The van der Waals surface area contributed by atoms with E-state index in [-0.39, 0.29) is 25.7 Å². The largest absolute Gasteiger partial charge is 0.472 e. The van der Waals surface area contributed by atoms with Crippen molar-refractivity contribution >= 4 is 39.5 Å². The summed E-state index contributed by atoms with van der Waals surface area (Å²) in [6.07, 6.45) is 45.0. The smallest absolute Gasteiger partial charge is 0.462 e. The lowest BCUT2D eigenvalue weighted by atomic mass is 10.0. The molecule has 0 saturated heterocycles. The molecule has 17 nitrogen and oxygen atoms in total. The molecule has 0 radical (unpaired) electrons. The van der Waals surface area contributed by atoms with Crippen LogP contribution in [0.15, 0.2) is 0 Å². The Hall–Kier alpha value is -1.94. The molecule has 5 atom stereocenters. The molecule has 0 bridgehead atoms. The van der Waals surface area contributed by atoms with Crippen LogP contribution in [0.2, 0.25) is 0 Å². The first-order valence-electron chi connectivity index (χ1n) is 35.5. The lowest BCUT2D eigenvalue weighted by molar-refractivity contribution is -0.161. The quantitative estimate of drug-likeness (QED) is 0.0222. The maximum Gasteiger partial charge on any atom is 0.472 e. The Morgan fingerprint density at radius 3 is 0.782 bits per heavy atom. The summed E-state index contributed by atoms with van der Waals surface area (Å²) in [7, 11) is -9.89. The molecule has 19 heteroatoms. The molecule has 0 saturated carbocycles. The fourth-order valence-corrected chi connectivity index (χ4v) is 11.8. The van der Waals surface area contributed by atoms with Gasteiger partial charge in [0.15, 0.2) is 12.2 Å². The standard InChI is InChI=1S/C68H132O17P2/c1-7-9-11-13-15-16-17-18-19-20-21-22-23-24-25-26-27-33-40-46-52-67(72)84-63(57-79-66(71)51-45-39-32-29-28-31-36-42-48-60(3)4)58-82-86(74,75)80-54-62(69)55-81-87(76,77)83-59-64(56-78-65(70)50-44-38-30-14-12-10-8-2)85-68(73)53-47-41-35-34-37-43-49-61(5)6/h60-64,69H,7-59H2,1-6H3,(H,74,75)(H,76,77)/t62-,63-,64-/m1/s1. The fourth-order valence-electron chi connectivity index (χ4n) is 10.2. The molecule has 0 heterocycles. The van der Waals surface area contributed by atoms with Gasteiger partial charge < -0.3 is 33.8 Å². The average molecular weight is 1280 g/mol. The third-order valence-electron chi connectivity index (χ3n) is 15.7. The van der Waals surface area contributed by atoms with E-state index in [1.165, 1.54) is 148 Å². The average Bonchev–Trinajstić information content (AvgIpc) is 3.66. The number of hydrogen-bond donors (Lipinski definition) is 3. The topological polar surface area (TPSA) is 237 Å². The molecule has 87 heavy (non-hydrogen) atoms. The second-order valence-corrected chi connectivity index (χ2v) is 28.4. The van der Waals surface area contributed by atoms with E-state index in [9.17, 15) is 43.2 Å². The minimum absolute atomic E-state index is 0.102. The molecule has 0 aliphatic heterocycles. The summed E-state index contributed by atoms with van der Waals surface area (Å²) < 4.78 is 68.0. The Labute approximate surface area is 530 Å². The van der Waals surface area contributed by atoms with E-state index in [1.54, 1.807) is 0 Å². The molecule has 0 aromatic rings. The zero-order valence-corrected chi connectivity index (χ0v) is 58.1. The van der Waals surface area contributed by atoms with Crippen LogP contribution in [0, 0.1) is 11.8 Å². The highest BCUT2D eigenvalue weighted by atomic mass is 31.2. The molecule has 0 aliphatic carbocycles. The predicted molar refractivity (Wildman–Crippen MR) is 349 cm³/mol. The Kier molecular flexibility index (Phi) is 59.0. The number of aliphatic hydroxyl groups excluding tert-OH is 1. The van der Waals surface area contributed by atoms with Crippen molar-refractivity contribution in [1.29, 1.82) is 0 Å². The van der Waals surface area contributed by atoms with E-state index in [0.717, 1.165) is 109 Å². The minimum Gasteiger partial charge on any atom is -0.462 e. The number of rotatable bonds is 67. The van der Waals surface area contributed by atoms with Crippen LogP contribution in [-0.2, 0) is 65.4 Å². The zero-order valence-electron chi connectivity index (χ0n) is 56.3. The zero-order chi connectivity index (χ0) is 64.3. The van der Waals surface area contributed by atoms with Gasteiger partial charge in [0.1, 0.15) is 19.3 Å². The Morgan fingerprint density at radius 1 is 0.310 bits per heavy atom. The molecule has 0 aliphatic rings. The number of unbranched alkanes of at least 4 members (excludes halogenated alkanes) is 37. The van der Waals surface area contributed by atoms with Crippen molar-refractivity contribution in [2.75, 3.05) is 39.6 Å². The molecule has 0 aromatic heterocycles. The summed E-state index contributed by atoms with van der Waals surface area (Å²) in [5.41, 5.74) is 0. The Morgan fingerprint density at radius 2 is 0.529 bits per heavy atom. The van der Waals surface area contributed by atoms with Crippen molar-refractivity contribution in [3.63, 3.8) is 0 Å². The molecule has 0 aromatic carbocycles. The number of ether oxygens (including phenoxy) is 4. The summed E-state index contributed by atoms with van der Waals surface area (Å²) in [5, 5.41) is 10.5. The normalized spacial score (nSPS) is 14.2. The van der Waals surface area contributed by atoms with Crippen LogP contribution >= 0.6 is 15.6 Å². The highest BCUT2D eigenvalue weighted by molar-refractivity contribution is 7.47. The maximum absolute atomic E-state index is 13.0. The lowest BCUT2D eigenvalue weighted by Crippen LogP contribution is -2.30. The van der Waals surface area contributed by atoms with Crippen molar-refractivity contribution in [3.05, 3.63) is 0 Å². The Balaban J connectivity index is 5.14. The number of esters is 4. The van der Waals surface area contributed by atoms with Crippen molar-refractivity contribution < 1.29 is 80.2 Å². The number of carbonyl (C=O) groups excluding carboxylic acids is 4. The van der Waals surface area contributed by atoms with Gasteiger partial charge in [-0.25, -0.2) is 9.13 Å². The minimum atomic E-state index is -4.95. The van der Waals surface area contributed by atoms with Gasteiger partial charge >= 0.3 is 39.5 Å². The van der Waals surface area contributed by atoms with Gasteiger partial charge in [0.25, 0.3) is 0 Å². The van der Waals surface area contributed by atoms with Crippen LogP contribution in [0.3, 0.4) is 0 Å². The number of aliphatic hydroxyl groups is 1. The molecule has 2 unspecified atom stereocenters. The van der Waals surface area contributed by atoms with Crippen LogP contribution in [0.25, 0.3) is 0 Å². The first-order chi connectivity index (χ1) is 41.9. The van der Waals surface area contributed by atoms with E-state index in [2.05, 4.69) is 41.5 Å². The van der Waals surface area contributed by atoms with Gasteiger partial charge in [-0.3, -0.25) is 37.3 Å². The van der Waals surface area contributed by atoms with Gasteiger partial charge in [-0.2, -0.15) is 0 Å². The molecule has 3 N–H and O–H groups in total. The Bertz CT molecular complexity index is 1700. The molecule has 0 rings (SSSR count). The third kappa shape index (κ3) is 62.6. The van der Waals surface area contributed by atoms with Gasteiger partial charge in [-0.1, -0.05) is 292 Å². The second-order valence-electron chi connectivity index (χ2n) is 25.5. The fraction of sp³-hybridized carbons (Fsp3) is 0.941. The highest BCUT2D eigenvalue weighted by Gasteiger charge is 2.30. The molecule has 0 amide bonds. The number of carbonyl (C=O) groups is 4. The predicted octanol–water partition coefficient (Wildman–Crippen LogP) is 19.2. The molecule has 516 valence electrons. The maximum atomic E-state index is 13.0. The van der Waals surface area contributed by atoms with E-state index < -0.39 is 97.5 Å². The summed E-state index contributed by atoms with van der Waals surface area (Å²) in [4.78, 5) is 72.2. The van der Waals surface area contributed by atoms with E-state index >= 15 is 0 Å². The molecule has 0 fully saturated rings. The lowest BCUT2D eigenvalue weighted by Gasteiger charge is -2.21. The van der Waals surface area contributed by atoms with Crippen LogP contribution in [-0.4, -0.2) is 96.7 Å². The van der Waals surface area contributed by atoms with Gasteiger partial charge in [0.05, 0.1) is 26.4 Å². The summed E-state index contributed by atoms with van der Waals surface area (Å²) in [6.45, 7) is 9.35. The molecular weight excluding hydrogens is 1150 g/mol. The number of phosphoric acid groups is 2. The monoisotopic (exact) mass is 1280 g/mol. The van der Waals surface area contributed by atoms with Gasteiger partial charge in [-0.15, -0.1) is 0 Å². The number of hydrogen-bond acceptors (Lipinski definition) is 15. The van der Waals surface area contributed by atoms with E-state index in [4.69, 9.17) is 37.0 Å². The van der Waals surface area contributed by atoms with Crippen molar-refractivity contribution in [1.82, 2.24) is 0 Å². The van der Waals surface area contributed by atoms with Crippen LogP contribution < -0.4 is 0 Å². The van der Waals surface area contributed by atoms with Gasteiger partial charge in [0.2, 0.25) is 0 Å². The second kappa shape index (κ2) is 60.3. The van der Waals surface area contributed by atoms with Crippen LogP contribution in [0.4, 0.5) is 0 Å². The van der Waals surface area contributed by atoms with E-state index in [1.807, 2.05) is 0 Å². The van der Waals surface area contributed by atoms with Crippen LogP contribution in [0.1, 0.15) is 343 Å². The van der Waals surface area contributed by atoms with E-state index in [0.29, 0.717) is 31.6 Å².